The number of nitrogens with two attached hydrogens (primary N) is 1. The molecule has 1 atom stereocenters. The van der Waals surface area contributed by atoms with Gasteiger partial charge in [0.2, 0.25) is 10.0 Å². The maximum atomic E-state index is 11.6. The zero-order chi connectivity index (χ0) is 14.8. The SMILES string of the molecule is CCCc1c(N)nnn1CC1CCCN(S(C)(=O)=O)C1. The van der Waals surface area contributed by atoms with Crippen LogP contribution in [0, 0.1) is 5.92 Å². The number of anilines is 1. The number of hydrogen-bond donors (Lipinski definition) is 1. The van der Waals surface area contributed by atoms with Gasteiger partial charge in [-0.15, -0.1) is 5.10 Å². The molecule has 2 N–H and O–H groups in total. The lowest BCUT2D eigenvalue weighted by Gasteiger charge is -2.31. The Hall–Kier alpha value is -1.15. The van der Waals surface area contributed by atoms with E-state index in [4.69, 9.17) is 5.73 Å². The van der Waals surface area contributed by atoms with E-state index >= 15 is 0 Å². The predicted octanol–water partition coefficient (Wildman–Crippen LogP) is 0.484. The number of aromatic nitrogens is 3. The Labute approximate surface area is 120 Å². The molecule has 7 nitrogen and oxygen atoms in total. The molecule has 8 heteroatoms. The minimum atomic E-state index is -3.10. The van der Waals surface area contributed by atoms with E-state index in [1.54, 1.807) is 4.31 Å². The first kappa shape index (κ1) is 15.2. The lowest BCUT2D eigenvalue weighted by Crippen LogP contribution is -2.40. The van der Waals surface area contributed by atoms with Crippen molar-refractivity contribution in [1.29, 1.82) is 0 Å². The summed E-state index contributed by atoms with van der Waals surface area (Å²) in [5.74, 6) is 0.762. The van der Waals surface area contributed by atoms with E-state index in [0.29, 0.717) is 25.5 Å². The fraction of sp³-hybridized carbons (Fsp3) is 0.833. The molecule has 1 saturated heterocycles. The van der Waals surface area contributed by atoms with Crippen molar-refractivity contribution in [2.75, 3.05) is 25.1 Å². The monoisotopic (exact) mass is 301 g/mol. The number of rotatable bonds is 5. The van der Waals surface area contributed by atoms with Gasteiger partial charge in [0.15, 0.2) is 5.82 Å². The van der Waals surface area contributed by atoms with Crippen LogP contribution in [0.2, 0.25) is 0 Å². The van der Waals surface area contributed by atoms with Crippen LogP contribution in [0.4, 0.5) is 5.82 Å². The van der Waals surface area contributed by atoms with E-state index in [2.05, 4.69) is 17.2 Å². The van der Waals surface area contributed by atoms with E-state index in [1.165, 1.54) is 6.26 Å². The van der Waals surface area contributed by atoms with Gasteiger partial charge in [-0.1, -0.05) is 18.6 Å². The van der Waals surface area contributed by atoms with Crippen LogP contribution in [0.15, 0.2) is 0 Å². The molecule has 1 aliphatic heterocycles. The summed E-state index contributed by atoms with van der Waals surface area (Å²) in [5.41, 5.74) is 6.79. The number of nitrogens with zero attached hydrogens (tertiary/aromatic N) is 4. The average molecular weight is 301 g/mol. The number of sulfonamides is 1. The summed E-state index contributed by atoms with van der Waals surface area (Å²) in [6, 6.07) is 0. The van der Waals surface area contributed by atoms with Crippen LogP contribution < -0.4 is 5.73 Å². The maximum Gasteiger partial charge on any atom is 0.211 e. The fourth-order valence-corrected chi connectivity index (χ4v) is 3.65. The number of hydrogen-bond acceptors (Lipinski definition) is 5. The summed E-state index contributed by atoms with van der Waals surface area (Å²) in [6.07, 6.45) is 5.01. The molecule has 1 aromatic heterocycles. The zero-order valence-corrected chi connectivity index (χ0v) is 12.9. The van der Waals surface area contributed by atoms with Gasteiger partial charge < -0.3 is 5.73 Å². The highest BCUT2D eigenvalue weighted by atomic mass is 32.2. The molecule has 1 aliphatic rings. The lowest BCUT2D eigenvalue weighted by molar-refractivity contribution is 0.237. The van der Waals surface area contributed by atoms with Gasteiger partial charge in [-0.25, -0.2) is 17.4 Å². The van der Waals surface area contributed by atoms with Crippen LogP contribution in [0.5, 0.6) is 0 Å². The highest BCUT2D eigenvalue weighted by Gasteiger charge is 2.27. The Morgan fingerprint density at radius 2 is 2.20 bits per heavy atom. The summed E-state index contributed by atoms with van der Waals surface area (Å²) < 4.78 is 26.7. The highest BCUT2D eigenvalue weighted by molar-refractivity contribution is 7.88. The van der Waals surface area contributed by atoms with Crippen molar-refractivity contribution in [3.05, 3.63) is 5.69 Å². The van der Waals surface area contributed by atoms with Crippen LogP contribution >= 0.6 is 0 Å². The second-order valence-corrected chi connectivity index (χ2v) is 7.47. The molecule has 2 heterocycles. The van der Waals surface area contributed by atoms with Gasteiger partial charge in [0.1, 0.15) is 0 Å². The van der Waals surface area contributed by atoms with E-state index in [-0.39, 0.29) is 5.92 Å². The lowest BCUT2D eigenvalue weighted by atomic mass is 9.99. The zero-order valence-electron chi connectivity index (χ0n) is 12.1. The first-order valence-corrected chi connectivity index (χ1v) is 8.89. The molecule has 0 saturated carbocycles. The van der Waals surface area contributed by atoms with Crippen LogP contribution in [0.25, 0.3) is 0 Å². The minimum absolute atomic E-state index is 0.273. The molecule has 0 radical (unpaired) electrons. The van der Waals surface area contributed by atoms with Crippen LogP contribution in [-0.2, 0) is 23.0 Å². The summed E-state index contributed by atoms with van der Waals surface area (Å²) >= 11 is 0. The summed E-state index contributed by atoms with van der Waals surface area (Å²) in [6.45, 7) is 3.95. The Kier molecular flexibility index (Phi) is 4.64. The second kappa shape index (κ2) is 6.09. The molecule has 0 spiro atoms. The molecular formula is C12H23N5O2S. The number of piperidine rings is 1. The minimum Gasteiger partial charge on any atom is -0.381 e. The van der Waals surface area contributed by atoms with Gasteiger partial charge in [0.05, 0.1) is 11.9 Å². The first-order chi connectivity index (χ1) is 9.41. The van der Waals surface area contributed by atoms with Gasteiger partial charge in [-0.3, -0.25) is 0 Å². The molecule has 0 aliphatic carbocycles. The molecule has 1 fully saturated rings. The topological polar surface area (TPSA) is 94.1 Å². The first-order valence-electron chi connectivity index (χ1n) is 7.04. The molecule has 1 unspecified atom stereocenters. The summed E-state index contributed by atoms with van der Waals surface area (Å²) in [5, 5.41) is 8.02. The standard InChI is InChI=1S/C12H23N5O2S/c1-3-5-11-12(13)14-15-17(11)9-10-6-4-7-16(8-10)20(2,18)19/h10H,3-9,13H2,1-2H3. The van der Waals surface area contributed by atoms with Crippen molar-refractivity contribution in [2.45, 2.75) is 39.2 Å². The Bertz CT molecular complexity index is 554. The van der Waals surface area contributed by atoms with Gasteiger partial charge in [-0.05, 0) is 25.2 Å². The van der Waals surface area contributed by atoms with Crippen LogP contribution in [0.3, 0.4) is 0 Å². The van der Waals surface area contributed by atoms with E-state index in [9.17, 15) is 8.42 Å². The number of nitrogen functional groups attached to an aromatic ring is 1. The molecule has 114 valence electrons. The van der Waals surface area contributed by atoms with Gasteiger partial charge in [0.25, 0.3) is 0 Å². The summed E-state index contributed by atoms with van der Waals surface area (Å²) in [4.78, 5) is 0. The van der Waals surface area contributed by atoms with Crippen molar-refractivity contribution in [3.8, 4) is 0 Å². The largest absolute Gasteiger partial charge is 0.381 e. The highest BCUT2D eigenvalue weighted by Crippen LogP contribution is 2.21. The Balaban J connectivity index is 2.06. The Morgan fingerprint density at radius 1 is 1.45 bits per heavy atom. The maximum absolute atomic E-state index is 11.6. The molecule has 0 aromatic carbocycles. The second-order valence-electron chi connectivity index (χ2n) is 5.48. The van der Waals surface area contributed by atoms with Crippen molar-refractivity contribution in [3.63, 3.8) is 0 Å². The normalized spacial score (nSPS) is 21.2. The van der Waals surface area contributed by atoms with Crippen LogP contribution in [0.1, 0.15) is 31.9 Å². The smallest absolute Gasteiger partial charge is 0.211 e. The third kappa shape index (κ3) is 3.49. The predicted molar refractivity (Wildman–Crippen MR) is 77.6 cm³/mol. The van der Waals surface area contributed by atoms with E-state index < -0.39 is 10.0 Å². The molecular weight excluding hydrogens is 278 g/mol. The van der Waals surface area contributed by atoms with Gasteiger partial charge >= 0.3 is 0 Å². The molecule has 20 heavy (non-hydrogen) atoms. The van der Waals surface area contributed by atoms with E-state index in [0.717, 1.165) is 31.4 Å². The van der Waals surface area contributed by atoms with Crippen molar-refractivity contribution in [2.24, 2.45) is 5.92 Å². The van der Waals surface area contributed by atoms with Crippen molar-refractivity contribution in [1.82, 2.24) is 19.3 Å². The summed E-state index contributed by atoms with van der Waals surface area (Å²) in [7, 11) is -3.10. The fourth-order valence-electron chi connectivity index (χ4n) is 2.71. The third-order valence-corrected chi connectivity index (χ3v) is 5.01. The molecule has 1 aromatic rings. The third-order valence-electron chi connectivity index (χ3n) is 3.74. The molecule has 0 bridgehead atoms. The molecule has 2 rings (SSSR count). The van der Waals surface area contributed by atoms with Crippen molar-refractivity contribution < 1.29 is 8.42 Å². The van der Waals surface area contributed by atoms with Crippen LogP contribution in [-0.4, -0.2) is 47.1 Å². The van der Waals surface area contributed by atoms with Crippen molar-refractivity contribution >= 4 is 15.8 Å². The Morgan fingerprint density at radius 3 is 2.85 bits per heavy atom. The quantitative estimate of drug-likeness (QED) is 0.854. The van der Waals surface area contributed by atoms with Gasteiger partial charge in [0, 0.05) is 19.6 Å². The van der Waals surface area contributed by atoms with Gasteiger partial charge in [-0.2, -0.15) is 0 Å². The van der Waals surface area contributed by atoms with E-state index in [1.807, 2.05) is 4.68 Å². The average Bonchev–Trinajstić information content (AvgIpc) is 2.71. The molecule has 0 amide bonds.